The monoisotopic (exact) mass is 265 g/mol. The summed E-state index contributed by atoms with van der Waals surface area (Å²) in [4.78, 5) is 16.3. The fourth-order valence-corrected chi connectivity index (χ4v) is 2.14. The molecule has 0 saturated heterocycles. The second kappa shape index (κ2) is 5.27. The van der Waals surface area contributed by atoms with Crippen LogP contribution in [0.5, 0.6) is 0 Å². The minimum absolute atomic E-state index is 0.112. The van der Waals surface area contributed by atoms with Crippen molar-refractivity contribution in [2.45, 2.75) is 16.7 Å². The van der Waals surface area contributed by atoms with E-state index in [1.165, 1.54) is 30.9 Å². The van der Waals surface area contributed by atoms with Crippen LogP contribution in [0.2, 0.25) is 0 Å². The Bertz CT molecular complexity index is 584. The Labute approximate surface area is 107 Å². The maximum absolute atomic E-state index is 13.0. The zero-order chi connectivity index (χ0) is 13.1. The van der Waals surface area contributed by atoms with Crippen molar-refractivity contribution in [1.29, 1.82) is 0 Å². The number of Topliss-reactive ketones (excluding diaryl/α,β-unsaturated/α-hetero) is 1. The van der Waals surface area contributed by atoms with E-state index in [1.807, 2.05) is 0 Å². The number of nitrogens with zero attached hydrogens (tertiary/aromatic N) is 1. The molecule has 0 bridgehead atoms. The van der Waals surface area contributed by atoms with E-state index < -0.39 is 11.6 Å². The number of carbonyl (C=O) groups is 1. The van der Waals surface area contributed by atoms with Crippen molar-refractivity contribution in [2.75, 3.05) is 0 Å². The Kier molecular flexibility index (Phi) is 3.72. The normalized spacial score (nSPS) is 10.4. The molecule has 5 heteroatoms. The summed E-state index contributed by atoms with van der Waals surface area (Å²) in [6, 6.07) is 7.01. The van der Waals surface area contributed by atoms with E-state index in [0.717, 1.165) is 17.0 Å². The first-order valence-corrected chi connectivity index (χ1v) is 5.98. The number of rotatable bonds is 3. The third-order valence-corrected chi connectivity index (χ3v) is 3.19. The summed E-state index contributed by atoms with van der Waals surface area (Å²) in [7, 11) is 0. The van der Waals surface area contributed by atoms with Crippen LogP contribution in [-0.4, -0.2) is 10.8 Å². The molecule has 0 N–H and O–H groups in total. The van der Waals surface area contributed by atoms with Crippen molar-refractivity contribution in [3.63, 3.8) is 0 Å². The van der Waals surface area contributed by atoms with Crippen LogP contribution in [0, 0.1) is 11.6 Å². The molecule has 1 aromatic heterocycles. The van der Waals surface area contributed by atoms with Crippen LogP contribution < -0.4 is 0 Å². The Balaban J connectivity index is 2.18. The first-order valence-electron chi connectivity index (χ1n) is 5.16. The molecule has 0 atom stereocenters. The summed E-state index contributed by atoms with van der Waals surface area (Å²) in [6.45, 7) is 1.44. The van der Waals surface area contributed by atoms with Gasteiger partial charge in [0, 0.05) is 22.9 Å². The number of ketones is 1. The lowest BCUT2D eigenvalue weighted by molar-refractivity contribution is 0.101. The van der Waals surface area contributed by atoms with E-state index in [2.05, 4.69) is 4.98 Å². The van der Waals surface area contributed by atoms with Gasteiger partial charge in [0.15, 0.2) is 17.4 Å². The van der Waals surface area contributed by atoms with Crippen molar-refractivity contribution in [3.05, 3.63) is 53.9 Å². The first kappa shape index (κ1) is 12.7. The fourth-order valence-electron chi connectivity index (χ4n) is 1.33. The number of halogens is 2. The summed E-state index contributed by atoms with van der Waals surface area (Å²) in [6.07, 6.45) is 1.53. The van der Waals surface area contributed by atoms with Crippen molar-refractivity contribution < 1.29 is 13.6 Å². The molecule has 1 heterocycles. The third-order valence-electron chi connectivity index (χ3n) is 2.22. The summed E-state index contributed by atoms with van der Waals surface area (Å²) in [5.41, 5.74) is 0.379. The van der Waals surface area contributed by atoms with Crippen LogP contribution in [0.15, 0.2) is 46.3 Å². The van der Waals surface area contributed by atoms with Gasteiger partial charge in [-0.1, -0.05) is 11.8 Å². The standard InChI is InChI=1S/C13H9F2NOS/c1-8(17)13-5-3-10(7-16-13)18-9-2-4-11(14)12(15)6-9/h2-7H,1H3. The van der Waals surface area contributed by atoms with E-state index in [-0.39, 0.29) is 5.78 Å². The highest BCUT2D eigenvalue weighted by molar-refractivity contribution is 7.99. The summed E-state index contributed by atoms with van der Waals surface area (Å²) >= 11 is 1.25. The number of benzene rings is 1. The summed E-state index contributed by atoms with van der Waals surface area (Å²) in [5, 5.41) is 0. The molecule has 2 rings (SSSR count). The molecule has 92 valence electrons. The molecule has 0 aliphatic carbocycles. The van der Waals surface area contributed by atoms with Gasteiger partial charge in [-0.15, -0.1) is 0 Å². The summed E-state index contributed by atoms with van der Waals surface area (Å²) < 4.78 is 25.7. The van der Waals surface area contributed by atoms with Crippen molar-refractivity contribution >= 4 is 17.5 Å². The molecular weight excluding hydrogens is 256 g/mol. The zero-order valence-electron chi connectivity index (χ0n) is 9.48. The maximum atomic E-state index is 13.0. The highest BCUT2D eigenvalue weighted by Crippen LogP contribution is 2.28. The van der Waals surface area contributed by atoms with Gasteiger partial charge in [-0.05, 0) is 30.3 Å². The smallest absolute Gasteiger partial charge is 0.178 e. The van der Waals surface area contributed by atoms with Gasteiger partial charge in [0.1, 0.15) is 5.69 Å². The van der Waals surface area contributed by atoms with Crippen LogP contribution in [0.25, 0.3) is 0 Å². The topological polar surface area (TPSA) is 30.0 Å². The number of hydrogen-bond acceptors (Lipinski definition) is 3. The first-order chi connectivity index (χ1) is 8.56. The van der Waals surface area contributed by atoms with Crippen LogP contribution in [0.1, 0.15) is 17.4 Å². The predicted octanol–water partition coefficient (Wildman–Crippen LogP) is 3.71. The van der Waals surface area contributed by atoms with Gasteiger partial charge in [-0.25, -0.2) is 8.78 Å². The SMILES string of the molecule is CC(=O)c1ccc(Sc2ccc(F)c(F)c2)cn1. The average molecular weight is 265 g/mol. The highest BCUT2D eigenvalue weighted by Gasteiger charge is 2.05. The minimum Gasteiger partial charge on any atom is -0.293 e. The highest BCUT2D eigenvalue weighted by atomic mass is 32.2. The van der Waals surface area contributed by atoms with Gasteiger partial charge < -0.3 is 0 Å². The predicted molar refractivity (Wildman–Crippen MR) is 64.7 cm³/mol. The number of aromatic nitrogens is 1. The molecule has 0 aliphatic heterocycles. The molecule has 18 heavy (non-hydrogen) atoms. The molecule has 0 unspecified atom stereocenters. The molecule has 0 saturated carbocycles. The zero-order valence-corrected chi connectivity index (χ0v) is 10.3. The largest absolute Gasteiger partial charge is 0.293 e. The van der Waals surface area contributed by atoms with Gasteiger partial charge in [-0.3, -0.25) is 9.78 Å². The van der Waals surface area contributed by atoms with Crippen LogP contribution >= 0.6 is 11.8 Å². The molecule has 0 spiro atoms. The number of carbonyl (C=O) groups excluding carboxylic acids is 1. The van der Waals surface area contributed by atoms with Gasteiger partial charge in [0.05, 0.1) is 0 Å². The quantitative estimate of drug-likeness (QED) is 0.792. The van der Waals surface area contributed by atoms with Gasteiger partial charge in [0.25, 0.3) is 0 Å². The Morgan fingerprint density at radius 3 is 2.39 bits per heavy atom. The van der Waals surface area contributed by atoms with Crippen LogP contribution in [0.3, 0.4) is 0 Å². The molecule has 0 radical (unpaired) electrons. The fraction of sp³-hybridized carbons (Fsp3) is 0.0769. The maximum Gasteiger partial charge on any atom is 0.178 e. The Hall–Kier alpha value is -1.75. The van der Waals surface area contributed by atoms with Gasteiger partial charge in [0.2, 0.25) is 0 Å². The minimum atomic E-state index is -0.881. The second-order valence-electron chi connectivity index (χ2n) is 3.61. The molecular formula is C13H9F2NOS. The summed E-state index contributed by atoms with van der Waals surface area (Å²) in [5.74, 6) is -1.86. The van der Waals surface area contributed by atoms with Crippen LogP contribution in [0.4, 0.5) is 8.78 Å². The molecule has 2 aromatic rings. The number of hydrogen-bond donors (Lipinski definition) is 0. The molecule has 1 aromatic carbocycles. The van der Waals surface area contributed by atoms with E-state index >= 15 is 0 Å². The third kappa shape index (κ3) is 2.92. The van der Waals surface area contributed by atoms with Crippen molar-refractivity contribution in [3.8, 4) is 0 Å². The van der Waals surface area contributed by atoms with Crippen molar-refractivity contribution in [2.24, 2.45) is 0 Å². The van der Waals surface area contributed by atoms with E-state index in [9.17, 15) is 13.6 Å². The van der Waals surface area contributed by atoms with Gasteiger partial charge >= 0.3 is 0 Å². The Morgan fingerprint density at radius 1 is 1.11 bits per heavy atom. The molecule has 0 amide bonds. The average Bonchev–Trinajstić information content (AvgIpc) is 2.34. The van der Waals surface area contributed by atoms with Crippen LogP contribution in [-0.2, 0) is 0 Å². The lowest BCUT2D eigenvalue weighted by Crippen LogP contribution is -1.95. The molecule has 0 fully saturated rings. The lowest BCUT2D eigenvalue weighted by Gasteiger charge is -2.02. The number of pyridine rings is 1. The van der Waals surface area contributed by atoms with E-state index in [0.29, 0.717) is 10.6 Å². The second-order valence-corrected chi connectivity index (χ2v) is 4.76. The van der Waals surface area contributed by atoms with E-state index in [4.69, 9.17) is 0 Å². The van der Waals surface area contributed by atoms with E-state index in [1.54, 1.807) is 12.1 Å². The van der Waals surface area contributed by atoms with Crippen molar-refractivity contribution in [1.82, 2.24) is 4.98 Å². The van der Waals surface area contributed by atoms with Gasteiger partial charge in [-0.2, -0.15) is 0 Å². The Morgan fingerprint density at radius 2 is 1.83 bits per heavy atom. The lowest BCUT2D eigenvalue weighted by atomic mass is 10.3. The molecule has 0 aliphatic rings. The molecule has 2 nitrogen and oxygen atoms in total.